The van der Waals surface area contributed by atoms with Crippen LogP contribution in [-0.4, -0.2) is 35.3 Å². The van der Waals surface area contributed by atoms with Crippen molar-refractivity contribution in [3.63, 3.8) is 0 Å². The van der Waals surface area contributed by atoms with Crippen LogP contribution in [0.15, 0.2) is 0 Å². The van der Waals surface area contributed by atoms with Gasteiger partial charge in [0.25, 0.3) is 0 Å². The monoisotopic (exact) mass is 345 g/mol. The average Bonchev–Trinajstić information content (AvgIpc) is 2.32. The summed E-state index contributed by atoms with van der Waals surface area (Å²) in [6.07, 6.45) is 7.47. The Morgan fingerprint density at radius 2 is 1.42 bits per heavy atom. The Morgan fingerprint density at radius 3 is 1.47 bits per heavy atom. The molecular weight excluding hydrogens is 314 g/mol. The Balaban J connectivity index is -0.000000239. The van der Waals surface area contributed by atoms with Crippen molar-refractivity contribution in [2.75, 3.05) is 19.6 Å². The summed E-state index contributed by atoms with van der Waals surface area (Å²) in [5.74, 6) is 0. The van der Waals surface area contributed by atoms with Crippen LogP contribution in [0.2, 0.25) is 0 Å². The van der Waals surface area contributed by atoms with E-state index >= 15 is 0 Å². The Kier molecular flexibility index (Phi) is 16.3. The highest BCUT2D eigenvalue weighted by molar-refractivity contribution is 8.29. The highest BCUT2D eigenvalue weighted by Gasteiger charge is 2.17. The van der Waals surface area contributed by atoms with Crippen LogP contribution in [0.4, 0.5) is 0 Å². The van der Waals surface area contributed by atoms with Gasteiger partial charge in [0, 0.05) is 4.75 Å². The summed E-state index contributed by atoms with van der Waals surface area (Å²) in [6.45, 7) is 10.4. The minimum atomic E-state index is -0.296. The zero-order valence-corrected chi connectivity index (χ0v) is 16.9. The van der Waals surface area contributed by atoms with Gasteiger partial charge in [-0.25, -0.2) is 0 Å². The van der Waals surface area contributed by atoms with Gasteiger partial charge in [-0.1, -0.05) is 49.6 Å². The molecule has 0 bridgehead atoms. The van der Waals surface area contributed by atoms with Crippen molar-refractivity contribution >= 4 is 47.6 Å². The molecule has 0 fully saturated rings. The van der Waals surface area contributed by atoms with Crippen molar-refractivity contribution in [1.29, 1.82) is 0 Å². The van der Waals surface area contributed by atoms with Crippen molar-refractivity contribution in [2.45, 2.75) is 57.0 Å². The molecular formula is C13H31NOS4. The predicted molar refractivity (Wildman–Crippen MR) is 101 cm³/mol. The standard InChI is InChI=1S/C7H16S2.C5H10OS2.CH5N/c1-5-6-7(2,3)9(4)8;1-5(2,4-6)8(3)7;1-2/h5-6H2,1-4H3;4H,1-3H3;2H2,1H3. The molecule has 0 amide bonds. The van der Waals surface area contributed by atoms with Crippen LogP contribution in [0.25, 0.3) is 0 Å². The fourth-order valence-corrected chi connectivity index (χ4v) is 1.81. The maximum absolute atomic E-state index is 10.2. The van der Waals surface area contributed by atoms with E-state index in [1.807, 2.05) is 20.1 Å². The second kappa shape index (κ2) is 12.5. The molecule has 118 valence electrons. The molecule has 0 saturated heterocycles. The van der Waals surface area contributed by atoms with Gasteiger partial charge < -0.3 is 10.5 Å². The zero-order chi connectivity index (χ0) is 16.3. The first kappa shape index (κ1) is 24.8. The number of aldehydes is 1. The Labute approximate surface area is 134 Å². The quantitative estimate of drug-likeness (QED) is 0.778. The molecule has 19 heavy (non-hydrogen) atoms. The normalized spacial score (nSPS) is 14.2. The van der Waals surface area contributed by atoms with Gasteiger partial charge in [-0.3, -0.25) is 0 Å². The molecule has 0 heterocycles. The van der Waals surface area contributed by atoms with Gasteiger partial charge in [0.15, 0.2) is 0 Å². The molecule has 0 rings (SSSR count). The number of carbonyl (C=O) groups is 1. The highest BCUT2D eigenvalue weighted by atomic mass is 32.8. The van der Waals surface area contributed by atoms with Gasteiger partial charge in [-0.15, -0.1) is 18.9 Å². The molecule has 0 aromatic heterocycles. The molecule has 0 aliphatic carbocycles. The summed E-state index contributed by atoms with van der Waals surface area (Å²) in [6, 6.07) is 0. The van der Waals surface area contributed by atoms with E-state index in [0.29, 0.717) is 4.75 Å². The largest absolute Gasteiger partial charge is 0.333 e. The van der Waals surface area contributed by atoms with E-state index < -0.39 is 0 Å². The van der Waals surface area contributed by atoms with E-state index in [4.69, 9.17) is 22.4 Å². The number of rotatable bonds is 5. The fourth-order valence-electron chi connectivity index (χ4n) is 0.814. The number of hydrogen-bond acceptors (Lipinski definition) is 4. The van der Waals surface area contributed by atoms with E-state index in [2.05, 4.69) is 32.8 Å². The summed E-state index contributed by atoms with van der Waals surface area (Å²) in [5.41, 5.74) is 4.50. The summed E-state index contributed by atoms with van der Waals surface area (Å²) in [7, 11) is 1.45. The van der Waals surface area contributed by atoms with Gasteiger partial charge in [0.1, 0.15) is 6.29 Å². The molecule has 2 N–H and O–H groups in total. The van der Waals surface area contributed by atoms with Gasteiger partial charge >= 0.3 is 0 Å². The second-order valence-electron chi connectivity index (χ2n) is 5.14. The number of nitrogens with two attached hydrogens (primary N) is 1. The Bertz CT molecular complexity index is 288. The minimum absolute atomic E-state index is 0.158. The van der Waals surface area contributed by atoms with Gasteiger partial charge in [0.05, 0.1) is 4.75 Å². The Morgan fingerprint density at radius 1 is 1.05 bits per heavy atom. The highest BCUT2D eigenvalue weighted by Crippen LogP contribution is 2.17. The smallest absolute Gasteiger partial charge is 0.135 e. The third kappa shape index (κ3) is 13.5. The lowest BCUT2D eigenvalue weighted by Crippen LogP contribution is -2.26. The van der Waals surface area contributed by atoms with Crippen molar-refractivity contribution < 1.29 is 4.79 Å². The second-order valence-corrected chi connectivity index (χ2v) is 12.1. The average molecular weight is 346 g/mol. The van der Waals surface area contributed by atoms with Gasteiger partial charge in [-0.05, 0) is 39.8 Å². The van der Waals surface area contributed by atoms with Crippen molar-refractivity contribution in [3.8, 4) is 0 Å². The Hall–Kier alpha value is 0.770. The maximum Gasteiger partial charge on any atom is 0.135 e. The van der Waals surface area contributed by atoms with Crippen LogP contribution in [-0.2, 0) is 46.1 Å². The number of carbonyl (C=O) groups excluding carboxylic acids is 1. The maximum atomic E-state index is 10.2. The first-order valence-electron chi connectivity index (χ1n) is 6.22. The molecule has 0 saturated carbocycles. The van der Waals surface area contributed by atoms with Crippen LogP contribution in [0.3, 0.4) is 0 Å². The molecule has 0 aliphatic heterocycles. The summed E-state index contributed by atoms with van der Waals surface area (Å²) in [5, 5.41) is 0. The van der Waals surface area contributed by atoms with E-state index in [1.54, 1.807) is 0 Å². The molecule has 0 aliphatic rings. The minimum Gasteiger partial charge on any atom is -0.333 e. The summed E-state index contributed by atoms with van der Waals surface area (Å²) in [4.78, 5) is 10.2. The summed E-state index contributed by atoms with van der Waals surface area (Å²) < 4.78 is 0.0966. The van der Waals surface area contributed by atoms with E-state index in [9.17, 15) is 4.79 Å². The molecule has 0 aromatic rings. The third-order valence-electron chi connectivity index (χ3n) is 2.65. The van der Waals surface area contributed by atoms with Gasteiger partial charge in [0.2, 0.25) is 0 Å². The molecule has 0 radical (unpaired) electrons. The van der Waals surface area contributed by atoms with E-state index in [1.165, 1.54) is 19.9 Å². The fraction of sp³-hybridized carbons (Fsp3) is 0.923. The topological polar surface area (TPSA) is 43.1 Å². The summed E-state index contributed by atoms with van der Waals surface area (Å²) >= 11 is 10.1. The molecule has 0 spiro atoms. The molecule has 6 heteroatoms. The molecule has 2 atom stereocenters. The van der Waals surface area contributed by atoms with Crippen LogP contribution >= 0.6 is 0 Å². The lowest BCUT2D eigenvalue weighted by Gasteiger charge is -2.23. The van der Waals surface area contributed by atoms with Crippen LogP contribution in [0, 0.1) is 0 Å². The van der Waals surface area contributed by atoms with E-state index in [-0.39, 0.29) is 23.7 Å². The zero-order valence-electron chi connectivity index (χ0n) is 13.6. The lowest BCUT2D eigenvalue weighted by atomic mass is 10.1. The predicted octanol–water partition coefficient (Wildman–Crippen LogP) is 2.52. The first-order chi connectivity index (χ1) is 8.51. The molecule has 0 aromatic carbocycles. The van der Waals surface area contributed by atoms with Crippen LogP contribution in [0.1, 0.15) is 47.5 Å². The van der Waals surface area contributed by atoms with Crippen molar-refractivity contribution in [3.05, 3.63) is 0 Å². The van der Waals surface area contributed by atoms with Crippen LogP contribution in [0.5, 0.6) is 0 Å². The van der Waals surface area contributed by atoms with Gasteiger partial charge in [-0.2, -0.15) is 0 Å². The number of hydrogen-bond donors (Lipinski definition) is 1. The molecule has 2 unspecified atom stereocenters. The SMILES string of the molecule is CCCC(C)(C)S(C)=S.CN.CS(=S)C(C)(C)C=O. The van der Waals surface area contributed by atoms with Crippen molar-refractivity contribution in [1.82, 2.24) is 0 Å². The first-order valence-corrected chi connectivity index (χ1v) is 11.3. The lowest BCUT2D eigenvalue weighted by molar-refractivity contribution is -0.109. The van der Waals surface area contributed by atoms with E-state index in [0.717, 1.165) is 6.29 Å². The van der Waals surface area contributed by atoms with Crippen LogP contribution < -0.4 is 5.73 Å². The molecule has 2 nitrogen and oxygen atoms in total. The third-order valence-corrected chi connectivity index (χ3v) is 8.64. The van der Waals surface area contributed by atoms with Crippen molar-refractivity contribution in [2.24, 2.45) is 5.73 Å².